The van der Waals surface area contributed by atoms with Crippen molar-refractivity contribution in [2.45, 2.75) is 18.9 Å². The Hall–Kier alpha value is -1.40. The van der Waals surface area contributed by atoms with Crippen molar-refractivity contribution in [1.29, 1.82) is 0 Å². The molecule has 19 heavy (non-hydrogen) atoms. The van der Waals surface area contributed by atoms with E-state index >= 15 is 0 Å². The van der Waals surface area contributed by atoms with Crippen molar-refractivity contribution in [2.75, 3.05) is 13.1 Å². The Morgan fingerprint density at radius 2 is 2.21 bits per heavy atom. The zero-order chi connectivity index (χ0) is 13.2. The maximum atomic E-state index is 13.2. The molecule has 1 saturated heterocycles. The van der Waals surface area contributed by atoms with Crippen LogP contribution in [0.2, 0.25) is 0 Å². The molecule has 0 amide bonds. The number of benzene rings is 1. The summed E-state index contributed by atoms with van der Waals surface area (Å²) in [7, 11) is 0. The number of halogens is 2. The molecular weight excluding hydrogens is 268 g/mol. The van der Waals surface area contributed by atoms with Gasteiger partial charge in [0, 0.05) is 18.5 Å². The number of likely N-dealkylation sites (tertiary alicyclic amines) is 1. The summed E-state index contributed by atoms with van der Waals surface area (Å²) < 4.78 is 30.0. The Kier molecular flexibility index (Phi) is 3.52. The lowest BCUT2D eigenvalue weighted by molar-refractivity contribution is 0.322. The zero-order valence-corrected chi connectivity index (χ0v) is 11.0. The molecule has 0 bridgehead atoms. The van der Waals surface area contributed by atoms with Gasteiger partial charge in [0.2, 0.25) is 0 Å². The second kappa shape index (κ2) is 5.30. The van der Waals surface area contributed by atoms with Crippen LogP contribution in [0.4, 0.5) is 8.78 Å². The van der Waals surface area contributed by atoms with Crippen LogP contribution in [0.5, 0.6) is 0 Å². The van der Waals surface area contributed by atoms with Crippen molar-refractivity contribution in [3.63, 3.8) is 0 Å². The molecule has 0 unspecified atom stereocenters. The van der Waals surface area contributed by atoms with E-state index in [-0.39, 0.29) is 5.92 Å². The summed E-state index contributed by atoms with van der Waals surface area (Å²) in [6, 6.07) is 4.20. The first-order valence-electron chi connectivity index (χ1n) is 6.15. The van der Waals surface area contributed by atoms with Crippen LogP contribution < -0.4 is 0 Å². The normalized spacial score (nSPS) is 20.0. The first kappa shape index (κ1) is 12.6. The summed E-state index contributed by atoms with van der Waals surface area (Å²) >= 11 is 1.34. The SMILES string of the molecule is Fc1ccc([C@H]2CCN(Cc3csnn3)C2)cc1F. The van der Waals surface area contributed by atoms with E-state index in [4.69, 9.17) is 0 Å². The Labute approximate surface area is 114 Å². The van der Waals surface area contributed by atoms with Crippen molar-refractivity contribution in [3.8, 4) is 0 Å². The van der Waals surface area contributed by atoms with Crippen molar-refractivity contribution in [1.82, 2.24) is 14.5 Å². The largest absolute Gasteiger partial charge is 0.297 e. The van der Waals surface area contributed by atoms with Crippen LogP contribution in [-0.4, -0.2) is 27.6 Å². The summed E-state index contributed by atoms with van der Waals surface area (Å²) in [5.41, 5.74) is 1.84. The van der Waals surface area contributed by atoms with Crippen molar-refractivity contribution < 1.29 is 8.78 Å². The fourth-order valence-corrected chi connectivity index (χ4v) is 2.94. The van der Waals surface area contributed by atoms with Gasteiger partial charge < -0.3 is 0 Å². The van der Waals surface area contributed by atoms with Gasteiger partial charge >= 0.3 is 0 Å². The van der Waals surface area contributed by atoms with Gasteiger partial charge in [0.25, 0.3) is 0 Å². The topological polar surface area (TPSA) is 29.0 Å². The second-order valence-electron chi connectivity index (χ2n) is 4.79. The minimum absolute atomic E-state index is 0.265. The highest BCUT2D eigenvalue weighted by atomic mass is 32.1. The van der Waals surface area contributed by atoms with Gasteiger partial charge in [0.05, 0.1) is 5.69 Å². The van der Waals surface area contributed by atoms with E-state index in [0.29, 0.717) is 0 Å². The van der Waals surface area contributed by atoms with E-state index in [1.807, 2.05) is 5.38 Å². The van der Waals surface area contributed by atoms with Crippen molar-refractivity contribution in [3.05, 3.63) is 46.5 Å². The van der Waals surface area contributed by atoms with E-state index in [9.17, 15) is 8.78 Å². The van der Waals surface area contributed by atoms with Crippen LogP contribution in [0.25, 0.3) is 0 Å². The fourth-order valence-electron chi connectivity index (χ4n) is 2.50. The molecule has 1 atom stereocenters. The lowest BCUT2D eigenvalue weighted by atomic mass is 9.98. The molecule has 0 radical (unpaired) electrons. The average molecular weight is 281 g/mol. The molecule has 1 aromatic heterocycles. The smallest absolute Gasteiger partial charge is 0.159 e. The van der Waals surface area contributed by atoms with E-state index in [1.54, 1.807) is 6.07 Å². The van der Waals surface area contributed by atoms with Crippen LogP contribution in [0.1, 0.15) is 23.6 Å². The molecule has 1 aliphatic heterocycles. The van der Waals surface area contributed by atoms with Crippen LogP contribution in [0.15, 0.2) is 23.6 Å². The molecule has 3 rings (SSSR count). The Bertz CT molecular complexity index is 559. The molecule has 6 heteroatoms. The third-order valence-electron chi connectivity index (χ3n) is 3.48. The average Bonchev–Trinajstić information content (AvgIpc) is 3.05. The molecule has 0 N–H and O–H groups in total. The number of hydrogen-bond donors (Lipinski definition) is 0. The Morgan fingerprint density at radius 1 is 1.32 bits per heavy atom. The molecule has 1 fully saturated rings. The summed E-state index contributed by atoms with van der Waals surface area (Å²) in [6.07, 6.45) is 0.961. The predicted octanol–water partition coefficient (Wildman–Crippen LogP) is 2.81. The standard InChI is InChI=1S/C13H13F2N3S/c14-12-2-1-9(5-13(12)15)10-3-4-18(6-10)7-11-8-19-17-16-11/h1-2,5,8,10H,3-4,6-7H2/t10-/m0/s1. The second-order valence-corrected chi connectivity index (χ2v) is 5.40. The molecule has 2 heterocycles. The molecular formula is C13H13F2N3S. The van der Waals surface area contributed by atoms with Crippen LogP contribution >= 0.6 is 11.5 Å². The van der Waals surface area contributed by atoms with E-state index in [0.717, 1.165) is 37.3 Å². The fraction of sp³-hybridized carbons (Fsp3) is 0.385. The number of rotatable bonds is 3. The molecule has 100 valence electrons. The molecule has 1 aromatic carbocycles. The number of hydrogen-bond acceptors (Lipinski definition) is 4. The van der Waals surface area contributed by atoms with Crippen molar-refractivity contribution >= 4 is 11.5 Å². The molecule has 3 nitrogen and oxygen atoms in total. The maximum Gasteiger partial charge on any atom is 0.159 e. The van der Waals surface area contributed by atoms with Gasteiger partial charge in [-0.3, -0.25) is 4.90 Å². The zero-order valence-electron chi connectivity index (χ0n) is 10.2. The van der Waals surface area contributed by atoms with E-state index < -0.39 is 11.6 Å². The molecule has 0 saturated carbocycles. The highest BCUT2D eigenvalue weighted by Crippen LogP contribution is 2.28. The third kappa shape index (κ3) is 2.79. The van der Waals surface area contributed by atoms with Crippen LogP contribution in [-0.2, 0) is 6.54 Å². The van der Waals surface area contributed by atoms with Crippen molar-refractivity contribution in [2.24, 2.45) is 0 Å². The summed E-state index contributed by atoms with van der Waals surface area (Å²) in [6.45, 7) is 2.57. The summed E-state index contributed by atoms with van der Waals surface area (Å²) in [5.74, 6) is -1.28. The van der Waals surface area contributed by atoms with Crippen LogP contribution in [0, 0.1) is 11.6 Å². The van der Waals surface area contributed by atoms with Gasteiger partial charge in [-0.05, 0) is 48.1 Å². The number of aromatic nitrogens is 2. The minimum Gasteiger partial charge on any atom is -0.297 e. The van der Waals surface area contributed by atoms with Gasteiger partial charge in [-0.1, -0.05) is 10.6 Å². The van der Waals surface area contributed by atoms with Gasteiger partial charge in [-0.2, -0.15) is 0 Å². The first-order chi connectivity index (χ1) is 9.22. The van der Waals surface area contributed by atoms with E-state index in [2.05, 4.69) is 14.5 Å². The highest BCUT2D eigenvalue weighted by molar-refractivity contribution is 7.03. The third-order valence-corrected chi connectivity index (χ3v) is 4.03. The summed E-state index contributed by atoms with van der Waals surface area (Å²) in [4.78, 5) is 2.27. The minimum atomic E-state index is -0.785. The van der Waals surface area contributed by atoms with Gasteiger partial charge in [0.15, 0.2) is 11.6 Å². The highest BCUT2D eigenvalue weighted by Gasteiger charge is 2.25. The molecule has 1 aliphatic rings. The Morgan fingerprint density at radius 3 is 2.95 bits per heavy atom. The van der Waals surface area contributed by atoms with Gasteiger partial charge in [-0.25, -0.2) is 8.78 Å². The van der Waals surface area contributed by atoms with E-state index in [1.165, 1.54) is 23.7 Å². The molecule has 0 spiro atoms. The summed E-state index contributed by atoms with van der Waals surface area (Å²) in [5, 5.41) is 5.96. The quantitative estimate of drug-likeness (QED) is 0.866. The van der Waals surface area contributed by atoms with Crippen LogP contribution in [0.3, 0.4) is 0 Å². The lowest BCUT2D eigenvalue weighted by Gasteiger charge is -2.14. The van der Waals surface area contributed by atoms with Gasteiger partial charge in [0.1, 0.15) is 0 Å². The Balaban J connectivity index is 1.66. The number of nitrogens with zero attached hydrogens (tertiary/aromatic N) is 3. The predicted molar refractivity (Wildman–Crippen MR) is 68.9 cm³/mol. The van der Waals surface area contributed by atoms with Gasteiger partial charge in [-0.15, -0.1) is 5.10 Å². The monoisotopic (exact) mass is 281 g/mol. The first-order valence-corrected chi connectivity index (χ1v) is 6.99. The molecule has 2 aromatic rings. The lowest BCUT2D eigenvalue weighted by Crippen LogP contribution is -2.20. The maximum absolute atomic E-state index is 13.2. The molecule has 0 aliphatic carbocycles.